The highest BCUT2D eigenvalue weighted by Crippen LogP contribution is 2.30. The van der Waals surface area contributed by atoms with Gasteiger partial charge in [-0.05, 0) is 43.9 Å². The molecule has 1 heterocycles. The zero-order valence-corrected chi connectivity index (χ0v) is 12.8. The van der Waals surface area contributed by atoms with Gasteiger partial charge in [-0.2, -0.15) is 0 Å². The summed E-state index contributed by atoms with van der Waals surface area (Å²) in [5.74, 6) is 6.83. The number of hydrogen-bond donors (Lipinski definition) is 1. The smallest absolute Gasteiger partial charge is 0.0772 e. The summed E-state index contributed by atoms with van der Waals surface area (Å²) in [5, 5.41) is 0. The zero-order chi connectivity index (χ0) is 13.7. The number of nitrogens with zero attached hydrogens (tertiary/aromatic N) is 1. The number of thiophene rings is 1. The quantitative estimate of drug-likeness (QED) is 0.809. The molecule has 1 fully saturated rings. The van der Waals surface area contributed by atoms with Crippen LogP contribution in [-0.4, -0.2) is 24.0 Å². The van der Waals surface area contributed by atoms with Crippen LogP contribution in [0.2, 0.25) is 0 Å². The molecule has 0 bridgehead atoms. The second kappa shape index (κ2) is 7.09. The van der Waals surface area contributed by atoms with E-state index >= 15 is 0 Å². The van der Waals surface area contributed by atoms with Crippen molar-refractivity contribution >= 4 is 11.3 Å². The SMILES string of the molecule is CC(C)CCN(Cc1ccc(C#CCN)s1)C1CC1. The predicted octanol–water partition coefficient (Wildman–Crippen LogP) is 3.07. The van der Waals surface area contributed by atoms with Crippen LogP contribution >= 0.6 is 11.3 Å². The van der Waals surface area contributed by atoms with E-state index in [2.05, 4.69) is 42.7 Å². The Morgan fingerprint density at radius 1 is 1.42 bits per heavy atom. The Hall–Kier alpha value is -0.820. The van der Waals surface area contributed by atoms with Gasteiger partial charge in [-0.1, -0.05) is 25.7 Å². The van der Waals surface area contributed by atoms with E-state index in [9.17, 15) is 0 Å². The summed E-state index contributed by atoms with van der Waals surface area (Å²) in [5.41, 5.74) is 5.40. The standard InChI is InChI=1S/C16H24N2S/c1-13(2)9-11-18(14-5-6-14)12-16-8-7-15(19-16)4-3-10-17/h7-8,13-14H,5-6,9-12,17H2,1-2H3. The van der Waals surface area contributed by atoms with Crippen molar-refractivity contribution in [2.75, 3.05) is 13.1 Å². The third-order valence-electron chi connectivity index (χ3n) is 3.39. The molecule has 1 aliphatic carbocycles. The second-order valence-corrected chi connectivity index (χ2v) is 6.82. The van der Waals surface area contributed by atoms with Crippen LogP contribution in [0.25, 0.3) is 0 Å². The van der Waals surface area contributed by atoms with E-state index in [1.807, 2.05) is 11.3 Å². The Kier molecular flexibility index (Phi) is 5.45. The molecule has 0 atom stereocenters. The zero-order valence-electron chi connectivity index (χ0n) is 12.0. The molecule has 0 aromatic carbocycles. The lowest BCUT2D eigenvalue weighted by molar-refractivity contribution is 0.241. The Morgan fingerprint density at radius 2 is 2.21 bits per heavy atom. The van der Waals surface area contributed by atoms with Gasteiger partial charge in [-0.3, -0.25) is 4.90 Å². The van der Waals surface area contributed by atoms with Crippen molar-refractivity contribution in [3.63, 3.8) is 0 Å². The van der Waals surface area contributed by atoms with Gasteiger partial charge in [0.05, 0.1) is 11.4 Å². The maximum absolute atomic E-state index is 5.40. The van der Waals surface area contributed by atoms with E-state index < -0.39 is 0 Å². The minimum Gasteiger partial charge on any atom is -0.320 e. The summed E-state index contributed by atoms with van der Waals surface area (Å²) in [6.07, 6.45) is 4.05. The van der Waals surface area contributed by atoms with Gasteiger partial charge >= 0.3 is 0 Å². The van der Waals surface area contributed by atoms with Gasteiger partial charge in [0.1, 0.15) is 0 Å². The van der Waals surface area contributed by atoms with Crippen molar-refractivity contribution in [2.24, 2.45) is 11.7 Å². The fraction of sp³-hybridized carbons (Fsp3) is 0.625. The first-order chi connectivity index (χ1) is 9.19. The third-order valence-corrected chi connectivity index (χ3v) is 4.38. The molecule has 0 radical (unpaired) electrons. The molecule has 3 heteroatoms. The monoisotopic (exact) mass is 276 g/mol. The second-order valence-electron chi connectivity index (χ2n) is 5.66. The molecule has 1 aromatic heterocycles. The summed E-state index contributed by atoms with van der Waals surface area (Å²) in [6, 6.07) is 5.17. The van der Waals surface area contributed by atoms with Crippen LogP contribution in [0.15, 0.2) is 12.1 Å². The number of rotatable bonds is 6. The first-order valence-corrected chi connectivity index (χ1v) is 8.02. The average Bonchev–Trinajstić information content (AvgIpc) is 3.13. The van der Waals surface area contributed by atoms with Crippen LogP contribution in [0.3, 0.4) is 0 Å². The first-order valence-electron chi connectivity index (χ1n) is 7.20. The third kappa shape index (κ3) is 4.99. The van der Waals surface area contributed by atoms with Crippen molar-refractivity contribution in [3.8, 4) is 11.8 Å². The molecule has 0 unspecified atom stereocenters. The largest absolute Gasteiger partial charge is 0.320 e. The normalized spacial score (nSPS) is 14.8. The Labute approximate surface area is 121 Å². The molecule has 0 aliphatic heterocycles. The van der Waals surface area contributed by atoms with E-state index in [0.29, 0.717) is 6.54 Å². The Balaban J connectivity index is 1.91. The molecular formula is C16H24N2S. The number of nitrogens with two attached hydrogens (primary N) is 1. The Morgan fingerprint density at radius 3 is 2.84 bits per heavy atom. The van der Waals surface area contributed by atoms with Gasteiger partial charge in [0.15, 0.2) is 0 Å². The highest BCUT2D eigenvalue weighted by Gasteiger charge is 2.28. The predicted molar refractivity (Wildman–Crippen MR) is 83.1 cm³/mol. The highest BCUT2D eigenvalue weighted by molar-refractivity contribution is 7.12. The lowest BCUT2D eigenvalue weighted by atomic mass is 10.1. The van der Waals surface area contributed by atoms with Gasteiger partial charge in [-0.25, -0.2) is 0 Å². The molecule has 2 nitrogen and oxygen atoms in total. The molecule has 1 aromatic rings. The van der Waals surface area contributed by atoms with Crippen molar-refractivity contribution in [1.29, 1.82) is 0 Å². The van der Waals surface area contributed by atoms with E-state index in [4.69, 9.17) is 5.73 Å². The summed E-state index contributed by atoms with van der Waals surface area (Å²) in [6.45, 7) is 7.36. The molecule has 1 aliphatic rings. The fourth-order valence-corrected chi connectivity index (χ4v) is 3.03. The van der Waals surface area contributed by atoms with Crippen LogP contribution in [0.5, 0.6) is 0 Å². The Bertz CT molecular complexity index is 449. The topological polar surface area (TPSA) is 29.3 Å². The minimum absolute atomic E-state index is 0.440. The molecule has 2 rings (SSSR count). The van der Waals surface area contributed by atoms with Crippen LogP contribution in [0, 0.1) is 17.8 Å². The van der Waals surface area contributed by atoms with E-state index in [1.165, 1.54) is 30.7 Å². The minimum atomic E-state index is 0.440. The van der Waals surface area contributed by atoms with Crippen molar-refractivity contribution < 1.29 is 0 Å². The maximum atomic E-state index is 5.40. The summed E-state index contributed by atoms with van der Waals surface area (Å²) in [7, 11) is 0. The molecule has 2 N–H and O–H groups in total. The highest BCUT2D eigenvalue weighted by atomic mass is 32.1. The van der Waals surface area contributed by atoms with E-state index in [0.717, 1.165) is 23.4 Å². The van der Waals surface area contributed by atoms with Crippen molar-refractivity contribution in [1.82, 2.24) is 4.90 Å². The lowest BCUT2D eigenvalue weighted by Crippen LogP contribution is -2.27. The van der Waals surface area contributed by atoms with Crippen molar-refractivity contribution in [2.45, 2.75) is 45.7 Å². The molecular weight excluding hydrogens is 252 g/mol. The van der Waals surface area contributed by atoms with Gasteiger partial charge in [0, 0.05) is 17.5 Å². The van der Waals surface area contributed by atoms with Crippen LogP contribution in [-0.2, 0) is 6.54 Å². The van der Waals surface area contributed by atoms with Gasteiger partial charge in [0.25, 0.3) is 0 Å². The first kappa shape index (κ1) is 14.6. The lowest BCUT2D eigenvalue weighted by Gasteiger charge is -2.22. The summed E-state index contributed by atoms with van der Waals surface area (Å²) < 4.78 is 0. The van der Waals surface area contributed by atoms with Gasteiger partial charge < -0.3 is 5.73 Å². The van der Waals surface area contributed by atoms with Gasteiger partial charge in [0.2, 0.25) is 0 Å². The molecule has 0 saturated heterocycles. The summed E-state index contributed by atoms with van der Waals surface area (Å²) >= 11 is 1.81. The molecule has 0 amide bonds. The van der Waals surface area contributed by atoms with Crippen LogP contribution < -0.4 is 5.73 Å². The number of hydrogen-bond acceptors (Lipinski definition) is 3. The molecule has 19 heavy (non-hydrogen) atoms. The molecule has 104 valence electrons. The molecule has 0 spiro atoms. The maximum Gasteiger partial charge on any atom is 0.0772 e. The van der Waals surface area contributed by atoms with Crippen LogP contribution in [0.1, 0.15) is 42.9 Å². The van der Waals surface area contributed by atoms with E-state index in [-0.39, 0.29) is 0 Å². The van der Waals surface area contributed by atoms with Crippen molar-refractivity contribution in [3.05, 3.63) is 21.9 Å². The molecule has 1 saturated carbocycles. The fourth-order valence-electron chi connectivity index (χ4n) is 2.12. The van der Waals surface area contributed by atoms with Gasteiger partial charge in [-0.15, -0.1) is 11.3 Å². The summed E-state index contributed by atoms with van der Waals surface area (Å²) in [4.78, 5) is 5.21. The average molecular weight is 276 g/mol. The van der Waals surface area contributed by atoms with Crippen LogP contribution in [0.4, 0.5) is 0 Å². The van der Waals surface area contributed by atoms with E-state index in [1.54, 1.807) is 0 Å².